The molecule has 3 rings (SSSR count). The second kappa shape index (κ2) is 8.56. The molecule has 1 aliphatic heterocycles. The van der Waals surface area contributed by atoms with Crippen LogP contribution in [0.5, 0.6) is 0 Å². The molecule has 8 nitrogen and oxygen atoms in total. The highest BCUT2D eigenvalue weighted by atomic mass is 32.2. The van der Waals surface area contributed by atoms with Crippen molar-refractivity contribution < 1.29 is 18.1 Å². The van der Waals surface area contributed by atoms with Crippen LogP contribution in [0.1, 0.15) is 17.8 Å². The van der Waals surface area contributed by atoms with Gasteiger partial charge in [0.2, 0.25) is 0 Å². The smallest absolute Gasteiger partial charge is 0.310 e. The molecule has 0 amide bonds. The number of anilines is 1. The summed E-state index contributed by atoms with van der Waals surface area (Å²) in [4.78, 5) is 14.1. The number of nitrogens with one attached hydrogen (secondary N) is 1. The molecule has 1 N–H and O–H groups in total. The zero-order chi connectivity index (χ0) is 20.3. The van der Waals surface area contributed by atoms with Crippen LogP contribution in [-0.2, 0) is 14.6 Å². The number of rotatable bonds is 7. The third-order valence-electron chi connectivity index (χ3n) is 4.65. The zero-order valence-corrected chi connectivity index (χ0v) is 17.3. The van der Waals surface area contributed by atoms with E-state index >= 15 is 0 Å². The van der Waals surface area contributed by atoms with E-state index in [9.17, 15) is 18.5 Å². The molecule has 1 fully saturated rings. The Kier molecular flexibility index (Phi) is 6.33. The van der Waals surface area contributed by atoms with Gasteiger partial charge in [-0.3, -0.25) is 15.0 Å². The second-order valence-electron chi connectivity index (χ2n) is 6.77. The largest absolute Gasteiger partial charge is 0.377 e. The fourth-order valence-electron chi connectivity index (χ4n) is 3.38. The van der Waals surface area contributed by atoms with Gasteiger partial charge in [-0.05, 0) is 30.5 Å². The summed E-state index contributed by atoms with van der Waals surface area (Å²) in [7, 11) is -3.72. The number of hydrogen-bond acceptors (Lipinski definition) is 8. The molecule has 0 bridgehead atoms. The van der Waals surface area contributed by atoms with E-state index in [0.717, 1.165) is 24.2 Å². The summed E-state index contributed by atoms with van der Waals surface area (Å²) < 4.78 is 29.6. The van der Waals surface area contributed by atoms with Gasteiger partial charge in [0.25, 0.3) is 0 Å². The first-order chi connectivity index (χ1) is 13.3. The molecular formula is C18H23N3O5S2. The Morgan fingerprint density at radius 2 is 2.18 bits per heavy atom. The van der Waals surface area contributed by atoms with Gasteiger partial charge in [-0.15, -0.1) is 11.3 Å². The Morgan fingerprint density at radius 1 is 1.39 bits per heavy atom. The van der Waals surface area contributed by atoms with Crippen LogP contribution in [0.4, 0.5) is 11.4 Å². The lowest BCUT2D eigenvalue weighted by atomic mass is 10.1. The van der Waals surface area contributed by atoms with Crippen molar-refractivity contribution in [3.8, 4) is 0 Å². The Morgan fingerprint density at radius 3 is 2.79 bits per heavy atom. The molecule has 1 aliphatic rings. The minimum Gasteiger partial charge on any atom is -0.377 e. The van der Waals surface area contributed by atoms with Gasteiger partial charge in [0.15, 0.2) is 9.84 Å². The van der Waals surface area contributed by atoms with E-state index in [-0.39, 0.29) is 22.7 Å². The maximum atomic E-state index is 12.0. The van der Waals surface area contributed by atoms with E-state index in [1.165, 1.54) is 12.1 Å². The molecule has 28 heavy (non-hydrogen) atoms. The van der Waals surface area contributed by atoms with E-state index in [2.05, 4.69) is 10.2 Å². The van der Waals surface area contributed by atoms with Crippen molar-refractivity contribution >= 4 is 32.5 Å². The molecule has 0 spiro atoms. The Labute approximate surface area is 168 Å². The molecule has 2 aromatic rings. The van der Waals surface area contributed by atoms with Gasteiger partial charge >= 0.3 is 5.69 Å². The highest BCUT2D eigenvalue weighted by Gasteiger charge is 2.29. The van der Waals surface area contributed by atoms with Crippen molar-refractivity contribution in [1.29, 1.82) is 0 Å². The van der Waals surface area contributed by atoms with Gasteiger partial charge in [-0.1, -0.05) is 12.1 Å². The van der Waals surface area contributed by atoms with Crippen LogP contribution in [0.25, 0.3) is 0 Å². The number of thiophene rings is 1. The molecular weight excluding hydrogens is 402 g/mol. The van der Waals surface area contributed by atoms with E-state index in [1.54, 1.807) is 17.4 Å². The van der Waals surface area contributed by atoms with Crippen LogP contribution >= 0.6 is 11.3 Å². The monoisotopic (exact) mass is 425 g/mol. The predicted molar refractivity (Wildman–Crippen MR) is 109 cm³/mol. The lowest BCUT2D eigenvalue weighted by Gasteiger charge is -2.37. The van der Waals surface area contributed by atoms with Gasteiger partial charge in [-0.25, -0.2) is 8.42 Å². The summed E-state index contributed by atoms with van der Waals surface area (Å²) in [5, 5.41) is 16.7. The SMILES string of the molecule is CC1CN(C(CNc2cccc(S(C)(=O)=O)c2[N+](=O)[O-])c2cccs2)CCO1. The van der Waals surface area contributed by atoms with E-state index in [0.29, 0.717) is 13.2 Å². The quantitative estimate of drug-likeness (QED) is 0.537. The fourth-order valence-corrected chi connectivity index (χ4v) is 5.10. The summed E-state index contributed by atoms with van der Waals surface area (Å²) in [6.07, 6.45) is 1.09. The summed E-state index contributed by atoms with van der Waals surface area (Å²) >= 11 is 1.63. The summed E-state index contributed by atoms with van der Waals surface area (Å²) in [6, 6.07) is 8.34. The van der Waals surface area contributed by atoms with Crippen molar-refractivity contribution in [2.24, 2.45) is 0 Å². The highest BCUT2D eigenvalue weighted by molar-refractivity contribution is 7.90. The maximum absolute atomic E-state index is 12.0. The van der Waals surface area contributed by atoms with Crippen molar-refractivity contribution in [2.75, 3.05) is 37.8 Å². The molecule has 1 aromatic heterocycles. The number of para-hydroxylation sites is 1. The van der Waals surface area contributed by atoms with Crippen LogP contribution in [-0.4, -0.2) is 56.8 Å². The first kappa shape index (κ1) is 20.7. The number of sulfone groups is 1. The second-order valence-corrected chi connectivity index (χ2v) is 9.73. The average molecular weight is 426 g/mol. The summed E-state index contributed by atoms with van der Waals surface area (Å²) in [5.74, 6) is 0. The molecule has 2 unspecified atom stereocenters. The number of benzene rings is 1. The summed E-state index contributed by atoms with van der Waals surface area (Å²) in [6.45, 7) is 4.59. The molecule has 2 atom stereocenters. The molecule has 0 saturated carbocycles. The third kappa shape index (κ3) is 4.69. The number of ether oxygens (including phenoxy) is 1. The minimum absolute atomic E-state index is 0.00726. The van der Waals surface area contributed by atoms with Crippen LogP contribution in [0.2, 0.25) is 0 Å². The fraction of sp³-hybridized carbons (Fsp3) is 0.444. The van der Waals surface area contributed by atoms with Crippen LogP contribution in [0, 0.1) is 10.1 Å². The summed E-state index contributed by atoms with van der Waals surface area (Å²) in [5.41, 5.74) is -0.207. The first-order valence-corrected chi connectivity index (χ1v) is 11.6. The maximum Gasteiger partial charge on any atom is 0.310 e. The Balaban J connectivity index is 1.89. The van der Waals surface area contributed by atoms with Crippen LogP contribution in [0.15, 0.2) is 40.6 Å². The lowest BCUT2D eigenvalue weighted by molar-refractivity contribution is -0.386. The van der Waals surface area contributed by atoms with Gasteiger partial charge in [-0.2, -0.15) is 0 Å². The van der Waals surface area contributed by atoms with Crippen molar-refractivity contribution in [3.05, 3.63) is 50.7 Å². The van der Waals surface area contributed by atoms with Crippen LogP contribution < -0.4 is 5.32 Å². The first-order valence-electron chi connectivity index (χ1n) is 8.87. The lowest BCUT2D eigenvalue weighted by Crippen LogP contribution is -2.44. The van der Waals surface area contributed by atoms with Crippen LogP contribution in [0.3, 0.4) is 0 Å². The number of nitro benzene ring substituents is 1. The highest BCUT2D eigenvalue weighted by Crippen LogP contribution is 2.33. The van der Waals surface area contributed by atoms with Crippen molar-refractivity contribution in [2.45, 2.75) is 24.0 Å². The van der Waals surface area contributed by atoms with Gasteiger partial charge in [0.1, 0.15) is 10.6 Å². The molecule has 1 saturated heterocycles. The Bertz CT molecular complexity index is 931. The van der Waals surface area contributed by atoms with Crippen molar-refractivity contribution in [3.63, 3.8) is 0 Å². The number of nitrogens with zero attached hydrogens (tertiary/aromatic N) is 2. The minimum atomic E-state index is -3.72. The van der Waals surface area contributed by atoms with Gasteiger partial charge in [0, 0.05) is 30.8 Å². The predicted octanol–water partition coefficient (Wildman–Crippen LogP) is 2.93. The van der Waals surface area contributed by atoms with E-state index < -0.39 is 20.4 Å². The topological polar surface area (TPSA) is 102 Å². The van der Waals surface area contributed by atoms with E-state index in [4.69, 9.17) is 4.74 Å². The van der Waals surface area contributed by atoms with Gasteiger partial charge in [0.05, 0.1) is 23.7 Å². The normalized spacial score (nSPS) is 19.3. The molecule has 152 valence electrons. The Hall–Kier alpha value is -2.01. The molecule has 10 heteroatoms. The number of hydrogen-bond donors (Lipinski definition) is 1. The van der Waals surface area contributed by atoms with Crippen molar-refractivity contribution in [1.82, 2.24) is 4.90 Å². The van der Waals surface area contributed by atoms with E-state index in [1.807, 2.05) is 24.4 Å². The number of nitro groups is 1. The molecule has 0 radical (unpaired) electrons. The number of morpholine rings is 1. The average Bonchev–Trinajstić information content (AvgIpc) is 3.15. The third-order valence-corrected chi connectivity index (χ3v) is 6.75. The molecule has 0 aliphatic carbocycles. The van der Waals surface area contributed by atoms with Gasteiger partial charge < -0.3 is 10.1 Å². The molecule has 1 aromatic carbocycles. The standard InChI is InChI=1S/C18H23N3O5S2/c1-13-12-20(8-9-26-13)15(16-6-4-10-27-16)11-19-14-5-3-7-17(28(2,24)25)18(14)21(22)23/h3-7,10,13,15,19H,8-9,11-12H2,1-2H3. The zero-order valence-electron chi connectivity index (χ0n) is 15.7. The molecule has 2 heterocycles.